The Balaban J connectivity index is 1.18. The van der Waals surface area contributed by atoms with Crippen molar-refractivity contribution in [2.45, 2.75) is 68.3 Å². The minimum absolute atomic E-state index is 0.0300. The molecule has 2 aliphatic heterocycles. The predicted octanol–water partition coefficient (Wildman–Crippen LogP) is 3.53. The topological polar surface area (TPSA) is 126 Å². The second-order valence-corrected chi connectivity index (χ2v) is 13.6. The van der Waals surface area contributed by atoms with Gasteiger partial charge in [-0.1, -0.05) is 34.8 Å². The Morgan fingerprint density at radius 1 is 1.07 bits per heavy atom. The number of halogens is 2. The summed E-state index contributed by atoms with van der Waals surface area (Å²) < 4.78 is 29.8. The zero-order chi connectivity index (χ0) is 29.3. The van der Waals surface area contributed by atoms with Gasteiger partial charge in [-0.2, -0.15) is 0 Å². The van der Waals surface area contributed by atoms with Gasteiger partial charge in [0, 0.05) is 55.4 Å². The molecule has 3 aromatic rings. The van der Waals surface area contributed by atoms with Crippen LogP contribution in [0, 0.1) is 0 Å². The quantitative estimate of drug-likeness (QED) is 0.401. The van der Waals surface area contributed by atoms with Gasteiger partial charge in [0.25, 0.3) is 10.0 Å². The van der Waals surface area contributed by atoms with Gasteiger partial charge in [0.05, 0.1) is 26.7 Å². The monoisotopic (exact) mass is 630 g/mol. The number of fused-ring (bicyclic) bond motifs is 1. The third-order valence-electron chi connectivity index (χ3n) is 8.10. The summed E-state index contributed by atoms with van der Waals surface area (Å²) in [6.07, 6.45) is 13.7. The lowest BCUT2D eigenvalue weighted by Crippen LogP contribution is -2.50. The van der Waals surface area contributed by atoms with E-state index in [1.807, 2.05) is 6.20 Å². The normalized spacial score (nSPS) is 21.3. The zero-order valence-corrected chi connectivity index (χ0v) is 25.3. The van der Waals surface area contributed by atoms with Crippen LogP contribution >= 0.6 is 23.2 Å². The Morgan fingerprint density at radius 2 is 1.90 bits per heavy atom. The van der Waals surface area contributed by atoms with Crippen molar-refractivity contribution in [1.29, 1.82) is 0 Å². The number of carbonyl (C=O) groups is 1. The number of likely N-dealkylation sites (tertiary alicyclic amines) is 1. The van der Waals surface area contributed by atoms with Crippen LogP contribution in [-0.2, 0) is 34.1 Å². The Morgan fingerprint density at radius 3 is 2.71 bits per heavy atom. The lowest BCUT2D eigenvalue weighted by molar-refractivity contribution is -0.124. The SMILES string of the molecule is O=C1NC=CN(S(=O)(=O)c2ccc(Cl)c(Cl)c2)[C@@H]1Cc1cn([C@H]2CCCc3nc(CCN4CCCCC4)ncc32)nn1. The van der Waals surface area contributed by atoms with Crippen molar-refractivity contribution in [3.8, 4) is 0 Å². The summed E-state index contributed by atoms with van der Waals surface area (Å²) in [5.41, 5.74) is 2.57. The third kappa shape index (κ3) is 6.03. The molecule has 1 amide bonds. The summed E-state index contributed by atoms with van der Waals surface area (Å²) in [6, 6.07) is 2.90. The largest absolute Gasteiger partial charge is 0.329 e. The molecule has 0 unspecified atom stereocenters. The number of nitrogens with zero attached hydrogens (tertiary/aromatic N) is 7. The Kier molecular flexibility index (Phi) is 8.49. The van der Waals surface area contributed by atoms with Crippen molar-refractivity contribution < 1.29 is 13.2 Å². The van der Waals surface area contributed by atoms with Crippen molar-refractivity contribution in [3.05, 3.63) is 75.8 Å². The first-order valence-electron chi connectivity index (χ1n) is 14.2. The maximum absolute atomic E-state index is 13.5. The Bertz CT molecular complexity index is 1610. The fraction of sp³-hybridized carbons (Fsp3) is 0.464. The molecule has 1 N–H and O–H groups in total. The van der Waals surface area contributed by atoms with Crippen LogP contribution in [0.4, 0.5) is 0 Å². The number of piperidine rings is 1. The first-order valence-corrected chi connectivity index (χ1v) is 16.4. The van der Waals surface area contributed by atoms with Crippen LogP contribution in [-0.4, -0.2) is 74.2 Å². The standard InChI is InChI=1S/C28H32Cl2N8O3S/c29-22-8-7-20(16-23(22)30)42(40,41)38-14-10-31-28(39)26(38)15-19-18-37(35-34-19)25-6-4-5-24-21(25)17-32-27(33-24)9-13-36-11-2-1-3-12-36/h7-8,10,14,16-18,25-26H,1-6,9,11-13,15H2,(H,31,39)/t25-,26+/m0/s1. The molecule has 1 fully saturated rings. The number of amides is 1. The first-order chi connectivity index (χ1) is 20.3. The number of hydrogen-bond acceptors (Lipinski definition) is 8. The molecule has 42 heavy (non-hydrogen) atoms. The van der Waals surface area contributed by atoms with Crippen LogP contribution in [0.25, 0.3) is 0 Å². The molecule has 4 heterocycles. The number of aryl methyl sites for hydroxylation is 1. The van der Waals surface area contributed by atoms with Crippen LogP contribution in [0.3, 0.4) is 0 Å². The predicted molar refractivity (Wildman–Crippen MR) is 157 cm³/mol. The molecule has 1 aliphatic carbocycles. The molecule has 3 aliphatic rings. The van der Waals surface area contributed by atoms with Crippen molar-refractivity contribution in [2.24, 2.45) is 0 Å². The second kappa shape index (κ2) is 12.3. The molecule has 1 saturated heterocycles. The van der Waals surface area contributed by atoms with Gasteiger partial charge < -0.3 is 10.2 Å². The number of sulfonamides is 1. The number of carbonyl (C=O) groups excluding carboxylic acids is 1. The molecular formula is C28H32Cl2N8O3S. The van der Waals surface area contributed by atoms with Gasteiger partial charge in [-0.15, -0.1) is 5.10 Å². The summed E-state index contributed by atoms with van der Waals surface area (Å²) in [5, 5.41) is 11.6. The fourth-order valence-electron chi connectivity index (χ4n) is 5.86. The molecule has 1 aromatic carbocycles. The van der Waals surface area contributed by atoms with E-state index >= 15 is 0 Å². The van der Waals surface area contributed by atoms with Crippen LogP contribution in [0.5, 0.6) is 0 Å². The Labute approximate surface area is 255 Å². The molecule has 14 heteroatoms. The summed E-state index contributed by atoms with van der Waals surface area (Å²) in [4.78, 5) is 24.9. The number of aromatic nitrogens is 5. The summed E-state index contributed by atoms with van der Waals surface area (Å²) in [6.45, 7) is 3.29. The molecule has 11 nitrogen and oxygen atoms in total. The fourth-order valence-corrected chi connectivity index (χ4v) is 7.70. The second-order valence-electron chi connectivity index (χ2n) is 10.9. The van der Waals surface area contributed by atoms with Gasteiger partial charge in [-0.25, -0.2) is 23.1 Å². The molecule has 0 spiro atoms. The van der Waals surface area contributed by atoms with E-state index in [-0.39, 0.29) is 27.4 Å². The molecule has 2 atom stereocenters. The smallest absolute Gasteiger partial charge is 0.264 e. The average molecular weight is 632 g/mol. The van der Waals surface area contributed by atoms with E-state index in [1.54, 1.807) is 10.9 Å². The zero-order valence-electron chi connectivity index (χ0n) is 23.0. The van der Waals surface area contributed by atoms with Gasteiger partial charge in [-0.3, -0.25) is 9.10 Å². The highest BCUT2D eigenvalue weighted by Crippen LogP contribution is 2.32. The van der Waals surface area contributed by atoms with E-state index < -0.39 is 22.0 Å². The summed E-state index contributed by atoms with van der Waals surface area (Å²) >= 11 is 12.1. The highest BCUT2D eigenvalue weighted by Gasteiger charge is 2.37. The number of hydrogen-bond donors (Lipinski definition) is 1. The molecule has 0 radical (unpaired) electrons. The lowest BCUT2D eigenvalue weighted by Gasteiger charge is -2.31. The number of rotatable bonds is 8. The lowest BCUT2D eigenvalue weighted by atomic mass is 9.92. The summed E-state index contributed by atoms with van der Waals surface area (Å²) in [5.74, 6) is 0.406. The van der Waals surface area contributed by atoms with Crippen molar-refractivity contribution in [3.63, 3.8) is 0 Å². The van der Waals surface area contributed by atoms with E-state index in [2.05, 4.69) is 25.5 Å². The van der Waals surface area contributed by atoms with Gasteiger partial charge in [0.15, 0.2) is 0 Å². The number of nitrogens with one attached hydrogen (secondary N) is 1. The van der Waals surface area contributed by atoms with E-state index in [0.717, 1.165) is 66.7 Å². The van der Waals surface area contributed by atoms with Crippen molar-refractivity contribution in [2.75, 3.05) is 19.6 Å². The van der Waals surface area contributed by atoms with Crippen LogP contribution < -0.4 is 5.32 Å². The minimum atomic E-state index is -4.11. The highest BCUT2D eigenvalue weighted by molar-refractivity contribution is 7.89. The maximum Gasteiger partial charge on any atom is 0.264 e. The van der Waals surface area contributed by atoms with Crippen molar-refractivity contribution >= 4 is 39.1 Å². The van der Waals surface area contributed by atoms with E-state index in [4.69, 9.17) is 28.2 Å². The molecule has 0 bridgehead atoms. The van der Waals surface area contributed by atoms with Crippen LogP contribution in [0.2, 0.25) is 10.0 Å². The van der Waals surface area contributed by atoms with E-state index in [9.17, 15) is 13.2 Å². The van der Waals surface area contributed by atoms with E-state index in [1.165, 1.54) is 49.9 Å². The first kappa shape index (κ1) is 29.0. The third-order valence-corrected chi connectivity index (χ3v) is 10.6. The molecule has 222 valence electrons. The molecule has 2 aromatic heterocycles. The van der Waals surface area contributed by atoms with Crippen LogP contribution in [0.1, 0.15) is 60.9 Å². The molecule has 0 saturated carbocycles. The summed E-state index contributed by atoms with van der Waals surface area (Å²) in [7, 11) is -4.11. The van der Waals surface area contributed by atoms with E-state index in [0.29, 0.717) is 5.69 Å². The minimum Gasteiger partial charge on any atom is -0.329 e. The van der Waals surface area contributed by atoms with Crippen LogP contribution in [0.15, 0.2) is 47.9 Å². The highest BCUT2D eigenvalue weighted by atomic mass is 35.5. The average Bonchev–Trinajstić information content (AvgIpc) is 3.47. The van der Waals surface area contributed by atoms with Gasteiger partial charge in [0.2, 0.25) is 5.91 Å². The van der Waals surface area contributed by atoms with Gasteiger partial charge in [-0.05, 0) is 63.4 Å². The van der Waals surface area contributed by atoms with Crippen molar-refractivity contribution in [1.82, 2.24) is 39.5 Å². The maximum atomic E-state index is 13.5. The van der Waals surface area contributed by atoms with Gasteiger partial charge in [0.1, 0.15) is 11.9 Å². The van der Waals surface area contributed by atoms with Gasteiger partial charge >= 0.3 is 0 Å². The Hall–Kier alpha value is -3.06. The number of benzene rings is 1. The molecule has 6 rings (SSSR count). The molecular weight excluding hydrogens is 599 g/mol.